The van der Waals surface area contributed by atoms with Gasteiger partial charge in [0.15, 0.2) is 0 Å². The lowest BCUT2D eigenvalue weighted by Gasteiger charge is -2.27. The van der Waals surface area contributed by atoms with Crippen molar-refractivity contribution in [1.82, 2.24) is 9.97 Å². The molecule has 0 spiro atoms. The van der Waals surface area contributed by atoms with Crippen molar-refractivity contribution in [3.63, 3.8) is 0 Å². The Morgan fingerprint density at radius 3 is 2.69 bits per heavy atom. The number of aromatic hydroxyl groups is 1. The number of aryl methyl sites for hydroxylation is 3. The lowest BCUT2D eigenvalue weighted by atomic mass is 9.92. The number of anilines is 1. The van der Waals surface area contributed by atoms with Crippen LogP contribution < -0.4 is 5.32 Å². The topological polar surface area (TPSA) is 58.0 Å². The maximum absolute atomic E-state index is 10.2. The molecule has 2 N–H and O–H groups in total. The van der Waals surface area contributed by atoms with Gasteiger partial charge < -0.3 is 10.4 Å². The van der Waals surface area contributed by atoms with Gasteiger partial charge in [-0.25, -0.2) is 4.98 Å². The molecule has 5 rings (SSSR count). The Morgan fingerprint density at radius 2 is 1.83 bits per heavy atom. The molecular formula is C25H23N3O. The molecule has 1 atom stereocenters. The average molecular weight is 381 g/mol. The van der Waals surface area contributed by atoms with Gasteiger partial charge in [-0.15, -0.1) is 0 Å². The van der Waals surface area contributed by atoms with Crippen LogP contribution in [0.1, 0.15) is 34.8 Å². The Labute approximate surface area is 170 Å². The second-order valence-corrected chi connectivity index (χ2v) is 7.82. The number of para-hydroxylation sites is 1. The summed E-state index contributed by atoms with van der Waals surface area (Å²) in [6.45, 7) is 4.16. The number of hydrogen-bond donors (Lipinski definition) is 2. The number of rotatable bonds is 2. The quantitative estimate of drug-likeness (QED) is 0.466. The Bertz CT molecular complexity index is 1230. The number of nitrogens with zero attached hydrogens (tertiary/aromatic N) is 2. The Kier molecular flexibility index (Phi) is 4.20. The van der Waals surface area contributed by atoms with Crippen LogP contribution in [0.3, 0.4) is 0 Å². The molecule has 3 heterocycles. The van der Waals surface area contributed by atoms with Gasteiger partial charge in [-0.05, 0) is 73.7 Å². The number of pyridine rings is 2. The van der Waals surface area contributed by atoms with Gasteiger partial charge in [0.25, 0.3) is 0 Å². The molecule has 4 heteroatoms. The largest absolute Gasteiger partial charge is 0.507 e. The maximum atomic E-state index is 10.2. The van der Waals surface area contributed by atoms with Gasteiger partial charge in [-0.1, -0.05) is 30.3 Å². The minimum Gasteiger partial charge on any atom is -0.507 e. The predicted molar refractivity (Wildman–Crippen MR) is 117 cm³/mol. The van der Waals surface area contributed by atoms with Crippen molar-refractivity contribution in [2.75, 3.05) is 5.32 Å². The van der Waals surface area contributed by atoms with Crippen molar-refractivity contribution in [1.29, 1.82) is 0 Å². The molecule has 4 aromatic rings. The van der Waals surface area contributed by atoms with Gasteiger partial charge in [-0.2, -0.15) is 0 Å². The highest BCUT2D eigenvalue weighted by Gasteiger charge is 2.22. The molecule has 29 heavy (non-hydrogen) atoms. The molecule has 0 fully saturated rings. The fraction of sp³-hybridized carbons (Fsp3) is 0.200. The SMILES string of the molecule is Cc1ccc2cc([C@H]3CCc4ccc(-c5ccccc5O)nc4N3)cc(C)c2n1. The summed E-state index contributed by atoms with van der Waals surface area (Å²) in [4.78, 5) is 9.53. The summed E-state index contributed by atoms with van der Waals surface area (Å²) in [5, 5.41) is 15.0. The van der Waals surface area contributed by atoms with E-state index in [1.165, 1.54) is 22.1 Å². The first-order chi connectivity index (χ1) is 14.1. The molecule has 2 aromatic heterocycles. The van der Waals surface area contributed by atoms with Gasteiger partial charge in [0, 0.05) is 16.6 Å². The number of nitrogens with one attached hydrogen (secondary N) is 1. The molecule has 1 aliphatic rings. The first kappa shape index (κ1) is 17.7. The first-order valence-corrected chi connectivity index (χ1v) is 10.0. The summed E-state index contributed by atoms with van der Waals surface area (Å²) in [5.74, 6) is 1.15. The number of benzene rings is 2. The van der Waals surface area contributed by atoms with Crippen molar-refractivity contribution in [3.8, 4) is 17.0 Å². The molecule has 0 amide bonds. The van der Waals surface area contributed by atoms with E-state index in [0.717, 1.165) is 41.1 Å². The van der Waals surface area contributed by atoms with Gasteiger partial charge in [0.05, 0.1) is 17.3 Å². The van der Waals surface area contributed by atoms with Crippen molar-refractivity contribution in [3.05, 3.63) is 83.0 Å². The van der Waals surface area contributed by atoms with Crippen molar-refractivity contribution < 1.29 is 5.11 Å². The van der Waals surface area contributed by atoms with Crippen LogP contribution in [0, 0.1) is 13.8 Å². The molecule has 0 saturated carbocycles. The highest BCUT2D eigenvalue weighted by Crippen LogP contribution is 2.36. The number of aromatic nitrogens is 2. The van der Waals surface area contributed by atoms with Crippen LogP contribution in [0.4, 0.5) is 5.82 Å². The monoisotopic (exact) mass is 381 g/mol. The molecule has 1 aliphatic heterocycles. The summed E-state index contributed by atoms with van der Waals surface area (Å²) in [6.07, 6.45) is 2.00. The van der Waals surface area contributed by atoms with Gasteiger partial charge in [-0.3, -0.25) is 4.98 Å². The fourth-order valence-electron chi connectivity index (χ4n) is 4.18. The molecule has 0 unspecified atom stereocenters. The second kappa shape index (κ2) is 6.89. The maximum Gasteiger partial charge on any atom is 0.130 e. The van der Waals surface area contributed by atoms with Crippen LogP contribution in [0.15, 0.2) is 60.7 Å². The Morgan fingerprint density at radius 1 is 0.966 bits per heavy atom. The van der Waals surface area contributed by atoms with E-state index in [1.807, 2.05) is 31.2 Å². The van der Waals surface area contributed by atoms with E-state index in [2.05, 4.69) is 42.6 Å². The van der Waals surface area contributed by atoms with Gasteiger partial charge in [0.2, 0.25) is 0 Å². The van der Waals surface area contributed by atoms with E-state index >= 15 is 0 Å². The van der Waals surface area contributed by atoms with Crippen LogP contribution in [0.2, 0.25) is 0 Å². The van der Waals surface area contributed by atoms with Gasteiger partial charge in [0.1, 0.15) is 11.6 Å². The van der Waals surface area contributed by atoms with Crippen LogP contribution in [0.5, 0.6) is 5.75 Å². The first-order valence-electron chi connectivity index (χ1n) is 10.0. The van der Waals surface area contributed by atoms with Crippen LogP contribution in [-0.4, -0.2) is 15.1 Å². The minimum atomic E-state index is 0.207. The van der Waals surface area contributed by atoms with Crippen LogP contribution in [-0.2, 0) is 6.42 Å². The van der Waals surface area contributed by atoms with E-state index in [4.69, 9.17) is 9.97 Å². The Hall–Kier alpha value is -3.40. The molecule has 0 saturated heterocycles. The zero-order valence-electron chi connectivity index (χ0n) is 16.6. The molecule has 4 nitrogen and oxygen atoms in total. The Balaban J connectivity index is 1.51. The molecule has 0 radical (unpaired) electrons. The highest BCUT2D eigenvalue weighted by molar-refractivity contribution is 5.83. The zero-order chi connectivity index (χ0) is 20.0. The number of phenolic OH excluding ortho intramolecular Hbond substituents is 1. The lowest BCUT2D eigenvalue weighted by Crippen LogP contribution is -2.19. The lowest BCUT2D eigenvalue weighted by molar-refractivity contribution is 0.477. The second-order valence-electron chi connectivity index (χ2n) is 7.82. The molecular weight excluding hydrogens is 358 g/mol. The van der Waals surface area contributed by atoms with Crippen molar-refractivity contribution in [2.45, 2.75) is 32.7 Å². The highest BCUT2D eigenvalue weighted by atomic mass is 16.3. The zero-order valence-corrected chi connectivity index (χ0v) is 16.6. The smallest absolute Gasteiger partial charge is 0.130 e. The normalized spacial score (nSPS) is 15.7. The third kappa shape index (κ3) is 3.21. The molecule has 0 aliphatic carbocycles. The van der Waals surface area contributed by atoms with E-state index in [1.54, 1.807) is 6.07 Å². The molecule has 2 aromatic carbocycles. The van der Waals surface area contributed by atoms with Crippen molar-refractivity contribution >= 4 is 16.7 Å². The van der Waals surface area contributed by atoms with Gasteiger partial charge >= 0.3 is 0 Å². The molecule has 0 bridgehead atoms. The summed E-state index contributed by atoms with van der Waals surface area (Å²) < 4.78 is 0. The average Bonchev–Trinajstić information content (AvgIpc) is 2.73. The van der Waals surface area contributed by atoms with E-state index < -0.39 is 0 Å². The predicted octanol–water partition coefficient (Wildman–Crippen LogP) is 5.72. The van der Waals surface area contributed by atoms with E-state index in [9.17, 15) is 5.11 Å². The third-order valence-electron chi connectivity index (χ3n) is 5.72. The summed E-state index contributed by atoms with van der Waals surface area (Å²) in [7, 11) is 0. The van der Waals surface area contributed by atoms with Crippen molar-refractivity contribution in [2.24, 2.45) is 0 Å². The summed E-state index contributed by atoms with van der Waals surface area (Å²) in [6, 6.07) is 20.3. The van der Waals surface area contributed by atoms with E-state index in [-0.39, 0.29) is 11.8 Å². The fourth-order valence-corrected chi connectivity index (χ4v) is 4.18. The number of phenols is 1. The standard InChI is InChI=1S/C25H23N3O/c1-15-13-19(14-18-8-7-16(2)26-24(15)18)21-11-9-17-10-12-22(28-25(17)27-21)20-5-3-4-6-23(20)29/h3-8,10,12-14,21,29H,9,11H2,1-2H3,(H,27,28)/t21-/m1/s1. The summed E-state index contributed by atoms with van der Waals surface area (Å²) in [5.41, 5.74) is 7.33. The van der Waals surface area contributed by atoms with E-state index in [0.29, 0.717) is 0 Å². The number of hydrogen-bond acceptors (Lipinski definition) is 4. The molecule has 144 valence electrons. The number of fused-ring (bicyclic) bond motifs is 2. The third-order valence-corrected chi connectivity index (χ3v) is 5.72. The summed E-state index contributed by atoms with van der Waals surface area (Å²) >= 11 is 0. The van der Waals surface area contributed by atoms with Crippen LogP contribution >= 0.6 is 0 Å². The minimum absolute atomic E-state index is 0.207. The van der Waals surface area contributed by atoms with Crippen LogP contribution in [0.25, 0.3) is 22.2 Å².